The van der Waals surface area contributed by atoms with Crippen LogP contribution in [-0.4, -0.2) is 15.0 Å². The van der Waals surface area contributed by atoms with Gasteiger partial charge in [-0.3, -0.25) is 0 Å². The third-order valence-corrected chi connectivity index (χ3v) is 1.07. The molecule has 0 fully saturated rings. The fourth-order valence-corrected chi connectivity index (χ4v) is 0.771. The predicted octanol–water partition coefficient (Wildman–Crippen LogP) is -0.242. The first-order valence-electron chi connectivity index (χ1n) is 2.51. The predicted molar refractivity (Wildman–Crippen MR) is 33.2 cm³/mol. The van der Waals surface area contributed by atoms with Crippen molar-refractivity contribution >= 4 is 10.9 Å². The topological polar surface area (TPSA) is 46.2 Å². The van der Waals surface area contributed by atoms with E-state index in [9.17, 15) is 8.42 Å². The highest BCUT2D eigenvalue weighted by atomic mass is 32.2. The van der Waals surface area contributed by atoms with Crippen LogP contribution in [0.5, 0.6) is 0 Å². The maximum absolute atomic E-state index is 9.83. The number of rotatable bonds is 3. The summed E-state index contributed by atoms with van der Waals surface area (Å²) in [6.07, 6.45) is 0. The van der Waals surface area contributed by atoms with Gasteiger partial charge in [-0.15, -0.1) is 0 Å². The Hall–Kier alpha value is -0.0900. The van der Waals surface area contributed by atoms with Crippen LogP contribution in [0, 0.1) is 5.92 Å². The van der Waals surface area contributed by atoms with Crippen LogP contribution < -0.4 is 4.72 Å². The number of thiol groups is 1. The Labute approximate surface area is 51.2 Å². The van der Waals surface area contributed by atoms with E-state index in [2.05, 4.69) is 4.72 Å². The normalized spacial score (nSPS) is 11.0. The van der Waals surface area contributed by atoms with Crippen molar-refractivity contribution in [2.75, 3.05) is 6.54 Å². The molecule has 0 aliphatic rings. The van der Waals surface area contributed by atoms with Gasteiger partial charge in [0.1, 0.15) is 0 Å². The van der Waals surface area contributed by atoms with Gasteiger partial charge in [0.15, 0.2) is 0 Å². The van der Waals surface area contributed by atoms with E-state index in [-0.39, 0.29) is 0 Å². The zero-order valence-electron chi connectivity index (χ0n) is 5.05. The van der Waals surface area contributed by atoms with Crippen molar-refractivity contribution in [3.8, 4) is 0 Å². The average molecular weight is 137 g/mol. The molecule has 1 N–H and O–H groups in total. The molecule has 0 aromatic carbocycles. The van der Waals surface area contributed by atoms with Crippen molar-refractivity contribution in [2.24, 2.45) is 5.92 Å². The molecule has 0 rings (SSSR count). The summed E-state index contributed by atoms with van der Waals surface area (Å²) in [5.41, 5.74) is 0. The second-order valence-electron chi connectivity index (χ2n) is 2.01. The lowest BCUT2D eigenvalue weighted by atomic mass is 10.2. The van der Waals surface area contributed by atoms with Crippen LogP contribution in [0.15, 0.2) is 0 Å². The molecule has 0 heterocycles. The molecule has 0 unspecified atom stereocenters. The molecule has 3 nitrogen and oxygen atoms in total. The molecule has 0 amide bonds. The average Bonchev–Trinajstić information content (AvgIpc) is 1.61. The van der Waals surface area contributed by atoms with Crippen LogP contribution in [0.2, 0.25) is 0 Å². The van der Waals surface area contributed by atoms with Crippen molar-refractivity contribution in [2.45, 2.75) is 13.8 Å². The van der Waals surface area contributed by atoms with Gasteiger partial charge >= 0.3 is 0 Å². The van der Waals surface area contributed by atoms with Crippen molar-refractivity contribution < 1.29 is 8.42 Å². The van der Waals surface area contributed by atoms with Crippen molar-refractivity contribution in [3.63, 3.8) is 0 Å². The van der Waals surface area contributed by atoms with E-state index in [4.69, 9.17) is 0 Å². The summed E-state index contributed by atoms with van der Waals surface area (Å²) in [5, 5.41) is 0. The molecule has 0 aliphatic heterocycles. The van der Waals surface area contributed by atoms with Crippen LogP contribution in [0.1, 0.15) is 13.8 Å². The molecule has 0 saturated heterocycles. The molecule has 0 spiro atoms. The summed E-state index contributed by atoms with van der Waals surface area (Å²) in [6.45, 7) is 4.44. The van der Waals surface area contributed by atoms with Gasteiger partial charge in [0.25, 0.3) is 0 Å². The fourth-order valence-electron chi connectivity index (χ4n) is 0.257. The molecule has 4 heteroatoms. The molecule has 50 valence electrons. The van der Waals surface area contributed by atoms with E-state index in [1.807, 2.05) is 13.8 Å². The Kier molecular flexibility index (Phi) is 3.81. The van der Waals surface area contributed by atoms with Crippen LogP contribution in [0.4, 0.5) is 0 Å². The molecule has 0 radical (unpaired) electrons. The Morgan fingerprint density at radius 2 is 2.00 bits per heavy atom. The molecule has 0 atom stereocenters. The minimum absolute atomic E-state index is 0.392. The molecule has 8 heavy (non-hydrogen) atoms. The SMILES string of the molecule is CC(C)CN[SH](=O)=O. The highest BCUT2D eigenvalue weighted by molar-refractivity contribution is 7.70. The third-order valence-electron chi connectivity index (χ3n) is 0.629. The van der Waals surface area contributed by atoms with Gasteiger partial charge in [0, 0.05) is 6.54 Å². The van der Waals surface area contributed by atoms with Gasteiger partial charge < -0.3 is 0 Å². The summed E-state index contributed by atoms with van der Waals surface area (Å²) in [6, 6.07) is 0. The van der Waals surface area contributed by atoms with E-state index in [0.29, 0.717) is 12.5 Å². The van der Waals surface area contributed by atoms with Crippen molar-refractivity contribution in [3.05, 3.63) is 0 Å². The lowest BCUT2D eigenvalue weighted by molar-refractivity contribution is 0.577. The minimum Gasteiger partial charge on any atom is -0.217 e. The number of hydrogen-bond donors (Lipinski definition) is 2. The number of nitrogens with one attached hydrogen (secondary N) is 1. The van der Waals surface area contributed by atoms with E-state index in [1.54, 1.807) is 0 Å². The van der Waals surface area contributed by atoms with Gasteiger partial charge in [0.05, 0.1) is 0 Å². The van der Waals surface area contributed by atoms with Crippen LogP contribution in [-0.2, 0) is 10.9 Å². The zero-order chi connectivity index (χ0) is 6.57. The van der Waals surface area contributed by atoms with E-state index in [0.717, 1.165) is 0 Å². The first-order valence-corrected chi connectivity index (χ1v) is 3.68. The highest BCUT2D eigenvalue weighted by Crippen LogP contribution is 1.85. The molecule has 0 bridgehead atoms. The smallest absolute Gasteiger partial charge is 0.201 e. The lowest BCUT2D eigenvalue weighted by Crippen LogP contribution is -2.16. The van der Waals surface area contributed by atoms with E-state index in [1.165, 1.54) is 0 Å². The van der Waals surface area contributed by atoms with Gasteiger partial charge in [-0.1, -0.05) is 13.8 Å². The van der Waals surface area contributed by atoms with Gasteiger partial charge in [-0.25, -0.2) is 13.1 Å². The van der Waals surface area contributed by atoms with Gasteiger partial charge in [0.2, 0.25) is 10.9 Å². The van der Waals surface area contributed by atoms with Gasteiger partial charge in [-0.2, -0.15) is 0 Å². The number of hydrogen-bond acceptors (Lipinski definition) is 2. The first-order chi connectivity index (χ1) is 3.63. The van der Waals surface area contributed by atoms with Crippen LogP contribution in [0.3, 0.4) is 0 Å². The van der Waals surface area contributed by atoms with Crippen molar-refractivity contribution in [1.82, 2.24) is 4.72 Å². The first kappa shape index (κ1) is 7.91. The summed E-state index contributed by atoms with van der Waals surface area (Å²) >= 11 is 0. The minimum atomic E-state index is -2.38. The maximum atomic E-state index is 9.83. The quantitative estimate of drug-likeness (QED) is 0.527. The monoisotopic (exact) mass is 137 g/mol. The van der Waals surface area contributed by atoms with Crippen LogP contribution in [0.25, 0.3) is 0 Å². The summed E-state index contributed by atoms with van der Waals surface area (Å²) in [4.78, 5) is 0. The molecule has 0 aliphatic carbocycles. The summed E-state index contributed by atoms with van der Waals surface area (Å²) < 4.78 is 22.0. The molecule has 0 aromatic rings. The second-order valence-corrected chi connectivity index (χ2v) is 2.84. The summed E-state index contributed by atoms with van der Waals surface area (Å²) in [7, 11) is -2.38. The molecular weight excluding hydrogens is 126 g/mol. The second kappa shape index (κ2) is 3.86. The third kappa shape index (κ3) is 5.91. The van der Waals surface area contributed by atoms with E-state index < -0.39 is 10.9 Å². The maximum Gasteiger partial charge on any atom is 0.201 e. The lowest BCUT2D eigenvalue weighted by Gasteiger charge is -1.98. The van der Waals surface area contributed by atoms with Crippen molar-refractivity contribution in [1.29, 1.82) is 0 Å². The molecule has 0 saturated carbocycles. The zero-order valence-corrected chi connectivity index (χ0v) is 5.94. The summed E-state index contributed by atoms with van der Waals surface area (Å²) in [5.74, 6) is 0.392. The highest BCUT2D eigenvalue weighted by Gasteiger charge is 1.90. The Bertz CT molecular complexity index is 111. The Morgan fingerprint density at radius 3 is 2.12 bits per heavy atom. The largest absolute Gasteiger partial charge is 0.217 e. The van der Waals surface area contributed by atoms with Crippen LogP contribution >= 0.6 is 0 Å². The molecule has 0 aromatic heterocycles. The standard InChI is InChI=1S/C4H11NO2S/c1-4(2)3-5-8(6)7/h4,8H,3H2,1-2H3,(H,5,6,7). The molecular formula is C4H11NO2S. The van der Waals surface area contributed by atoms with E-state index >= 15 is 0 Å². The Balaban J connectivity index is 3.18. The Morgan fingerprint density at radius 1 is 1.50 bits per heavy atom. The van der Waals surface area contributed by atoms with Gasteiger partial charge in [-0.05, 0) is 5.92 Å². The fraction of sp³-hybridized carbons (Fsp3) is 1.00.